The molecule has 2 amide bonds. The van der Waals surface area contributed by atoms with Crippen LogP contribution in [0.1, 0.15) is 60.9 Å². The third-order valence-electron chi connectivity index (χ3n) is 4.07. The number of benzene rings is 1. The summed E-state index contributed by atoms with van der Waals surface area (Å²) in [5.74, 6) is -2.12. The summed E-state index contributed by atoms with van der Waals surface area (Å²) in [5.41, 5.74) is -1.71. The molecule has 2 N–H and O–H groups in total. The van der Waals surface area contributed by atoms with Gasteiger partial charge in [-0.3, -0.25) is 4.79 Å². The highest BCUT2D eigenvalue weighted by Crippen LogP contribution is 2.33. The van der Waals surface area contributed by atoms with Crippen molar-refractivity contribution in [1.29, 1.82) is 0 Å². The van der Waals surface area contributed by atoms with Gasteiger partial charge in [0.15, 0.2) is 0 Å². The van der Waals surface area contributed by atoms with Crippen molar-refractivity contribution in [1.82, 2.24) is 15.6 Å². The summed E-state index contributed by atoms with van der Waals surface area (Å²) in [6.45, 7) is 6.57. The molecule has 0 unspecified atom stereocenters. The Labute approximate surface area is 187 Å². The van der Waals surface area contributed by atoms with Crippen molar-refractivity contribution >= 4 is 23.6 Å². The lowest BCUT2D eigenvalue weighted by Gasteiger charge is -2.19. The first-order valence-electron chi connectivity index (χ1n) is 9.46. The van der Waals surface area contributed by atoms with Gasteiger partial charge < -0.3 is 15.4 Å². The van der Waals surface area contributed by atoms with Gasteiger partial charge in [0.2, 0.25) is 0 Å². The molecule has 32 heavy (non-hydrogen) atoms. The van der Waals surface area contributed by atoms with Crippen molar-refractivity contribution in [2.75, 3.05) is 0 Å². The SMILES string of the molecule is C[C@H](NC(=O)c1cc(CNC(=O)OC(C)(C)C)cc(Cl)n1)c1ccc(F)c(C(F)(F)F)c1. The summed E-state index contributed by atoms with van der Waals surface area (Å²) in [7, 11) is 0. The molecule has 0 fully saturated rings. The first-order valence-corrected chi connectivity index (χ1v) is 9.84. The second-order valence-electron chi connectivity index (χ2n) is 7.97. The van der Waals surface area contributed by atoms with Gasteiger partial charge in [0.1, 0.15) is 22.3 Å². The Morgan fingerprint density at radius 1 is 1.16 bits per heavy atom. The van der Waals surface area contributed by atoms with E-state index in [9.17, 15) is 27.2 Å². The minimum absolute atomic E-state index is 0.000107. The minimum atomic E-state index is -4.87. The van der Waals surface area contributed by atoms with Crippen LogP contribution in [0.2, 0.25) is 5.15 Å². The third kappa shape index (κ3) is 7.37. The normalized spacial score (nSPS) is 12.8. The zero-order chi connectivity index (χ0) is 24.3. The fraction of sp³-hybridized carbons (Fsp3) is 0.381. The van der Waals surface area contributed by atoms with E-state index in [-0.39, 0.29) is 23.0 Å². The Morgan fingerprint density at radius 2 is 1.81 bits per heavy atom. The van der Waals surface area contributed by atoms with E-state index in [1.54, 1.807) is 20.8 Å². The van der Waals surface area contributed by atoms with E-state index in [1.165, 1.54) is 19.1 Å². The van der Waals surface area contributed by atoms with Crippen LogP contribution >= 0.6 is 11.6 Å². The topological polar surface area (TPSA) is 80.3 Å². The highest BCUT2D eigenvalue weighted by atomic mass is 35.5. The molecule has 0 saturated heterocycles. The number of amides is 2. The number of carbonyl (C=O) groups is 2. The maximum Gasteiger partial charge on any atom is 0.419 e. The number of alkyl carbamates (subject to hydrolysis) is 1. The van der Waals surface area contributed by atoms with Crippen LogP contribution < -0.4 is 10.6 Å². The van der Waals surface area contributed by atoms with E-state index >= 15 is 0 Å². The number of nitrogens with zero attached hydrogens (tertiary/aromatic N) is 1. The van der Waals surface area contributed by atoms with Crippen molar-refractivity contribution in [3.05, 3.63) is 63.7 Å². The molecule has 0 radical (unpaired) electrons. The smallest absolute Gasteiger partial charge is 0.419 e. The van der Waals surface area contributed by atoms with Gasteiger partial charge in [0, 0.05) is 6.54 Å². The maximum absolute atomic E-state index is 13.5. The van der Waals surface area contributed by atoms with Crippen molar-refractivity contribution in [2.24, 2.45) is 0 Å². The molecule has 6 nitrogen and oxygen atoms in total. The Kier molecular flexibility index (Phi) is 7.71. The average molecular weight is 476 g/mol. The Bertz CT molecular complexity index is 1010. The van der Waals surface area contributed by atoms with Gasteiger partial charge in [-0.2, -0.15) is 13.2 Å². The molecule has 174 valence electrons. The number of hydrogen-bond acceptors (Lipinski definition) is 4. The second kappa shape index (κ2) is 9.72. The number of rotatable bonds is 5. The molecule has 1 heterocycles. The molecule has 0 spiro atoms. The lowest BCUT2D eigenvalue weighted by molar-refractivity contribution is -0.140. The summed E-state index contributed by atoms with van der Waals surface area (Å²) >= 11 is 5.96. The Hall–Kier alpha value is -2.88. The molecule has 0 bridgehead atoms. The molecule has 1 atom stereocenters. The van der Waals surface area contributed by atoms with E-state index in [1.807, 2.05) is 0 Å². The van der Waals surface area contributed by atoms with E-state index in [2.05, 4.69) is 15.6 Å². The van der Waals surface area contributed by atoms with Crippen LogP contribution in [-0.2, 0) is 17.5 Å². The molecular formula is C21H22ClF4N3O3. The number of pyridine rings is 1. The molecule has 1 aromatic carbocycles. The van der Waals surface area contributed by atoms with Gasteiger partial charge in [-0.1, -0.05) is 17.7 Å². The molecule has 11 heteroatoms. The third-order valence-corrected chi connectivity index (χ3v) is 4.26. The number of nitrogens with one attached hydrogen (secondary N) is 2. The monoisotopic (exact) mass is 475 g/mol. The first kappa shape index (κ1) is 25.4. The van der Waals surface area contributed by atoms with E-state index in [0.717, 1.165) is 6.07 Å². The predicted molar refractivity (Wildman–Crippen MR) is 110 cm³/mol. The van der Waals surface area contributed by atoms with Crippen molar-refractivity contribution < 1.29 is 31.9 Å². The summed E-state index contributed by atoms with van der Waals surface area (Å²) in [6.07, 6.45) is -5.53. The number of hydrogen-bond donors (Lipinski definition) is 2. The lowest BCUT2D eigenvalue weighted by atomic mass is 10.0. The van der Waals surface area contributed by atoms with Crippen LogP contribution in [0, 0.1) is 5.82 Å². The van der Waals surface area contributed by atoms with E-state index in [4.69, 9.17) is 16.3 Å². The quantitative estimate of drug-likeness (QED) is 0.447. The van der Waals surface area contributed by atoms with E-state index in [0.29, 0.717) is 17.7 Å². The fourth-order valence-corrected chi connectivity index (χ4v) is 2.87. The molecule has 1 aromatic heterocycles. The summed E-state index contributed by atoms with van der Waals surface area (Å²) in [5, 5.41) is 5.00. The maximum atomic E-state index is 13.5. The van der Waals surface area contributed by atoms with Crippen molar-refractivity contribution in [2.45, 2.75) is 52.1 Å². The van der Waals surface area contributed by atoms with Crippen LogP contribution in [0.25, 0.3) is 0 Å². The zero-order valence-electron chi connectivity index (χ0n) is 17.7. The molecule has 2 rings (SSSR count). The Morgan fingerprint density at radius 3 is 2.41 bits per heavy atom. The van der Waals surface area contributed by atoms with Crippen molar-refractivity contribution in [3.63, 3.8) is 0 Å². The number of aromatic nitrogens is 1. The second-order valence-corrected chi connectivity index (χ2v) is 8.36. The molecule has 0 aliphatic carbocycles. The first-order chi connectivity index (χ1) is 14.7. The van der Waals surface area contributed by atoms with Crippen LogP contribution in [0.3, 0.4) is 0 Å². The minimum Gasteiger partial charge on any atom is -0.444 e. The largest absolute Gasteiger partial charge is 0.444 e. The standard InChI is InChI=1S/C21H22ClF4N3O3/c1-11(13-5-6-15(23)14(9-13)21(24,25)26)28-18(30)16-7-12(8-17(22)29-16)10-27-19(31)32-20(2,3)4/h5-9,11H,10H2,1-4H3,(H,27,31)(H,28,30)/t11-/m0/s1. The molecule has 0 aliphatic rings. The molecule has 0 saturated carbocycles. The van der Waals surface area contributed by atoms with Gasteiger partial charge in [0.25, 0.3) is 5.91 Å². The van der Waals surface area contributed by atoms with Crippen molar-refractivity contribution in [3.8, 4) is 0 Å². The number of carbonyl (C=O) groups excluding carboxylic acids is 2. The van der Waals surface area contributed by atoms with Crippen LogP contribution in [-0.4, -0.2) is 22.6 Å². The lowest BCUT2D eigenvalue weighted by Crippen LogP contribution is -2.32. The molecule has 2 aromatic rings. The number of alkyl halides is 3. The van der Waals surface area contributed by atoms with Crippen LogP contribution in [0.4, 0.5) is 22.4 Å². The highest BCUT2D eigenvalue weighted by Gasteiger charge is 2.34. The number of ether oxygens (including phenoxy) is 1. The highest BCUT2D eigenvalue weighted by molar-refractivity contribution is 6.29. The summed E-state index contributed by atoms with van der Waals surface area (Å²) < 4.78 is 57.4. The van der Waals surface area contributed by atoms with E-state index < -0.39 is 41.2 Å². The predicted octanol–water partition coefficient (Wildman–Crippen LogP) is 5.41. The number of halogens is 5. The van der Waals surface area contributed by atoms with Gasteiger partial charge in [-0.25, -0.2) is 14.2 Å². The zero-order valence-corrected chi connectivity index (χ0v) is 18.5. The molecule has 0 aliphatic heterocycles. The van der Waals surface area contributed by atoms with Gasteiger partial charge >= 0.3 is 12.3 Å². The van der Waals surface area contributed by atoms with Gasteiger partial charge in [-0.15, -0.1) is 0 Å². The summed E-state index contributed by atoms with van der Waals surface area (Å²) in [6, 6.07) is 4.41. The Balaban J connectivity index is 2.12. The molecular weight excluding hydrogens is 454 g/mol. The van der Waals surface area contributed by atoms with Gasteiger partial charge in [0.05, 0.1) is 11.6 Å². The average Bonchev–Trinajstić information content (AvgIpc) is 2.64. The van der Waals surface area contributed by atoms with Gasteiger partial charge in [-0.05, 0) is 63.1 Å². The fourth-order valence-electron chi connectivity index (χ4n) is 2.64. The van der Waals surface area contributed by atoms with Crippen LogP contribution in [0.5, 0.6) is 0 Å². The summed E-state index contributed by atoms with van der Waals surface area (Å²) in [4.78, 5) is 28.3. The van der Waals surface area contributed by atoms with Crippen LogP contribution in [0.15, 0.2) is 30.3 Å².